The van der Waals surface area contributed by atoms with Crippen molar-refractivity contribution >= 4 is 61.4 Å². The number of amides is 1. The summed E-state index contributed by atoms with van der Waals surface area (Å²) in [5.74, 6) is -1.19. The molecule has 2 rings (SSSR count). The number of ether oxygens (including phenoxy) is 1. The van der Waals surface area contributed by atoms with Gasteiger partial charge in [0.2, 0.25) is 0 Å². The van der Waals surface area contributed by atoms with Crippen LogP contribution in [-0.4, -0.2) is 31.5 Å². The van der Waals surface area contributed by atoms with E-state index in [2.05, 4.69) is 10.3 Å². The Labute approximate surface area is 151 Å². The van der Waals surface area contributed by atoms with Gasteiger partial charge in [-0.05, 0) is 6.07 Å². The number of nitrogens with one attached hydrogen (secondary N) is 1. The topological polar surface area (TPSA) is 102 Å². The fourth-order valence-electron chi connectivity index (χ4n) is 1.59. The van der Waals surface area contributed by atoms with Crippen LogP contribution in [-0.2, 0) is 14.6 Å². The molecular formula is C13H10Cl2N2O5S2. The lowest BCUT2D eigenvalue weighted by Gasteiger charge is -2.08. The SMILES string of the molecule is CC(=O)Oc1cc(Cl)c(C(=O)Nc2ncc(S(C)(=O)=O)s2)cc1Cl. The molecule has 0 atom stereocenters. The van der Waals surface area contributed by atoms with E-state index in [-0.39, 0.29) is 30.7 Å². The molecule has 24 heavy (non-hydrogen) atoms. The van der Waals surface area contributed by atoms with Gasteiger partial charge in [-0.2, -0.15) is 0 Å². The second-order valence-corrected chi connectivity index (χ2v) is 8.65. The van der Waals surface area contributed by atoms with Crippen LogP contribution in [0.15, 0.2) is 22.5 Å². The molecule has 1 aromatic heterocycles. The van der Waals surface area contributed by atoms with Gasteiger partial charge in [-0.25, -0.2) is 13.4 Å². The van der Waals surface area contributed by atoms with Gasteiger partial charge < -0.3 is 4.74 Å². The molecule has 1 heterocycles. The number of benzene rings is 1. The van der Waals surface area contributed by atoms with Gasteiger partial charge in [-0.1, -0.05) is 34.5 Å². The maximum Gasteiger partial charge on any atom is 0.308 e. The summed E-state index contributed by atoms with van der Waals surface area (Å²) >= 11 is 12.8. The molecule has 0 saturated carbocycles. The molecule has 0 saturated heterocycles. The summed E-state index contributed by atoms with van der Waals surface area (Å²) in [7, 11) is -3.41. The number of rotatable bonds is 4. The number of carbonyl (C=O) groups excluding carboxylic acids is 2. The Morgan fingerprint density at radius 1 is 1.25 bits per heavy atom. The zero-order valence-corrected chi connectivity index (χ0v) is 15.4. The first-order valence-electron chi connectivity index (χ1n) is 6.22. The van der Waals surface area contributed by atoms with Crippen LogP contribution in [0.3, 0.4) is 0 Å². The van der Waals surface area contributed by atoms with Crippen molar-refractivity contribution in [2.45, 2.75) is 11.1 Å². The van der Waals surface area contributed by atoms with E-state index < -0.39 is 21.7 Å². The van der Waals surface area contributed by atoms with E-state index in [9.17, 15) is 18.0 Å². The van der Waals surface area contributed by atoms with Gasteiger partial charge in [0.25, 0.3) is 5.91 Å². The Balaban J connectivity index is 2.25. The summed E-state index contributed by atoms with van der Waals surface area (Å²) in [6.45, 7) is 1.20. The lowest BCUT2D eigenvalue weighted by atomic mass is 10.2. The number of esters is 1. The number of carbonyl (C=O) groups is 2. The molecule has 0 spiro atoms. The second-order valence-electron chi connectivity index (χ2n) is 4.57. The molecule has 0 bridgehead atoms. The Bertz CT molecular complexity index is 924. The summed E-state index contributed by atoms with van der Waals surface area (Å²) in [4.78, 5) is 27.0. The molecule has 0 aliphatic rings. The lowest BCUT2D eigenvalue weighted by molar-refractivity contribution is -0.131. The fourth-order valence-corrected chi connectivity index (χ4v) is 3.66. The number of thiazole rings is 1. The van der Waals surface area contributed by atoms with Gasteiger partial charge >= 0.3 is 5.97 Å². The van der Waals surface area contributed by atoms with Crippen molar-refractivity contribution < 1.29 is 22.7 Å². The van der Waals surface area contributed by atoms with E-state index in [1.54, 1.807) is 0 Å². The van der Waals surface area contributed by atoms with E-state index in [0.29, 0.717) is 0 Å². The predicted molar refractivity (Wildman–Crippen MR) is 90.9 cm³/mol. The second kappa shape index (κ2) is 7.06. The zero-order chi connectivity index (χ0) is 18.1. The van der Waals surface area contributed by atoms with Gasteiger partial charge in [0, 0.05) is 19.2 Å². The Morgan fingerprint density at radius 3 is 2.46 bits per heavy atom. The number of hydrogen-bond acceptors (Lipinski definition) is 7. The normalized spacial score (nSPS) is 11.2. The van der Waals surface area contributed by atoms with Crippen molar-refractivity contribution in [2.75, 3.05) is 11.6 Å². The highest BCUT2D eigenvalue weighted by Crippen LogP contribution is 2.32. The zero-order valence-electron chi connectivity index (χ0n) is 12.3. The number of anilines is 1. The number of nitrogens with zero attached hydrogens (tertiary/aromatic N) is 1. The van der Waals surface area contributed by atoms with Crippen LogP contribution >= 0.6 is 34.5 Å². The summed E-state index contributed by atoms with van der Waals surface area (Å²) in [6.07, 6.45) is 2.19. The average Bonchev–Trinajstić information content (AvgIpc) is 2.90. The smallest absolute Gasteiger partial charge is 0.308 e. The van der Waals surface area contributed by atoms with E-state index in [0.717, 1.165) is 23.8 Å². The van der Waals surface area contributed by atoms with Crippen LogP contribution in [0.5, 0.6) is 5.75 Å². The van der Waals surface area contributed by atoms with Crippen LogP contribution in [0.2, 0.25) is 10.0 Å². The van der Waals surface area contributed by atoms with Crippen molar-refractivity contribution in [3.05, 3.63) is 33.9 Å². The molecule has 0 fully saturated rings. The average molecular weight is 409 g/mol. The highest BCUT2D eigenvalue weighted by Gasteiger charge is 2.18. The molecule has 2 aromatic rings. The Morgan fingerprint density at radius 2 is 1.92 bits per heavy atom. The third kappa shape index (κ3) is 4.44. The summed E-state index contributed by atoms with van der Waals surface area (Å²) in [5, 5.41) is 2.56. The van der Waals surface area contributed by atoms with Gasteiger partial charge in [-0.15, -0.1) is 0 Å². The van der Waals surface area contributed by atoms with Gasteiger partial charge in [0.05, 0.1) is 21.8 Å². The standard InChI is InChI=1S/C13H10Cl2N2O5S2/c1-6(18)22-10-4-8(14)7(3-9(10)15)12(19)17-13-16-5-11(23-13)24(2,20)21/h3-5H,1-2H3,(H,16,17,19). The fraction of sp³-hybridized carbons (Fsp3) is 0.154. The van der Waals surface area contributed by atoms with Crippen LogP contribution < -0.4 is 10.1 Å². The first-order valence-corrected chi connectivity index (χ1v) is 9.69. The summed E-state index contributed by atoms with van der Waals surface area (Å²) in [6, 6.07) is 2.48. The van der Waals surface area contributed by atoms with E-state index in [1.165, 1.54) is 19.1 Å². The largest absolute Gasteiger partial charge is 0.425 e. The molecule has 1 aromatic carbocycles. The third-order valence-corrected chi connectivity index (χ3v) is 5.90. The third-order valence-electron chi connectivity index (χ3n) is 2.59. The molecule has 0 unspecified atom stereocenters. The molecule has 11 heteroatoms. The number of hydrogen-bond donors (Lipinski definition) is 1. The Hall–Kier alpha value is -1.68. The van der Waals surface area contributed by atoms with Crippen LogP contribution in [0, 0.1) is 0 Å². The molecule has 0 aliphatic heterocycles. The molecule has 0 aliphatic carbocycles. The predicted octanol–water partition coefficient (Wildman–Crippen LogP) is 3.03. The van der Waals surface area contributed by atoms with Gasteiger partial charge in [-0.3, -0.25) is 14.9 Å². The minimum Gasteiger partial charge on any atom is -0.425 e. The van der Waals surface area contributed by atoms with E-state index in [4.69, 9.17) is 27.9 Å². The Kier molecular flexibility index (Phi) is 5.49. The number of sulfone groups is 1. The molecular weight excluding hydrogens is 399 g/mol. The molecule has 128 valence electrons. The van der Waals surface area contributed by atoms with Crippen LogP contribution in [0.25, 0.3) is 0 Å². The maximum atomic E-state index is 12.2. The minimum atomic E-state index is -3.41. The van der Waals surface area contributed by atoms with Crippen molar-refractivity contribution in [3.63, 3.8) is 0 Å². The summed E-state index contributed by atoms with van der Waals surface area (Å²) < 4.78 is 27.7. The molecule has 0 radical (unpaired) electrons. The minimum absolute atomic E-state index is 0.00745. The van der Waals surface area contributed by atoms with Crippen molar-refractivity contribution in [3.8, 4) is 5.75 Å². The van der Waals surface area contributed by atoms with E-state index in [1.807, 2.05) is 0 Å². The number of halogens is 2. The quantitative estimate of drug-likeness (QED) is 0.615. The molecule has 7 nitrogen and oxygen atoms in total. The highest BCUT2D eigenvalue weighted by atomic mass is 35.5. The summed E-state index contributed by atoms with van der Waals surface area (Å²) in [5.41, 5.74) is 0.0219. The first kappa shape index (κ1) is 18.7. The van der Waals surface area contributed by atoms with Crippen molar-refractivity contribution in [1.82, 2.24) is 4.98 Å². The van der Waals surface area contributed by atoms with Gasteiger partial charge in [0.1, 0.15) is 4.21 Å². The molecule has 1 N–H and O–H groups in total. The van der Waals surface area contributed by atoms with Crippen LogP contribution in [0.1, 0.15) is 17.3 Å². The monoisotopic (exact) mass is 408 g/mol. The van der Waals surface area contributed by atoms with Crippen molar-refractivity contribution in [1.29, 1.82) is 0 Å². The highest BCUT2D eigenvalue weighted by molar-refractivity contribution is 7.92. The van der Waals surface area contributed by atoms with Gasteiger partial charge in [0.15, 0.2) is 20.7 Å². The molecule has 1 amide bonds. The maximum absolute atomic E-state index is 12.2. The van der Waals surface area contributed by atoms with E-state index >= 15 is 0 Å². The van der Waals surface area contributed by atoms with Crippen molar-refractivity contribution in [2.24, 2.45) is 0 Å². The first-order chi connectivity index (χ1) is 11.1. The van der Waals surface area contributed by atoms with Crippen LogP contribution in [0.4, 0.5) is 5.13 Å². The lowest BCUT2D eigenvalue weighted by Crippen LogP contribution is -2.12. The number of aromatic nitrogens is 1.